The van der Waals surface area contributed by atoms with Crippen molar-refractivity contribution in [3.05, 3.63) is 107 Å². The van der Waals surface area contributed by atoms with Crippen molar-refractivity contribution in [1.29, 1.82) is 0 Å². The molecule has 0 fully saturated rings. The summed E-state index contributed by atoms with van der Waals surface area (Å²) < 4.78 is 1.72. The lowest BCUT2D eigenvalue weighted by Gasteiger charge is -2.19. The molecule has 4 rings (SSSR count). The van der Waals surface area contributed by atoms with Gasteiger partial charge >= 0.3 is 0 Å². The maximum absolute atomic E-state index is 13.2. The first-order valence-electron chi connectivity index (χ1n) is 9.58. The predicted octanol–water partition coefficient (Wildman–Crippen LogP) is 4.28. The Hall–Kier alpha value is -3.24. The van der Waals surface area contributed by atoms with Crippen molar-refractivity contribution in [3.63, 3.8) is 0 Å². The number of hydrogen-bond donors (Lipinski definition) is 1. The van der Waals surface area contributed by atoms with E-state index in [4.69, 9.17) is 4.98 Å². The molecule has 1 N–H and O–H groups in total. The molecule has 1 aromatic heterocycles. The first-order chi connectivity index (χ1) is 13.7. The second kappa shape index (κ2) is 8.19. The van der Waals surface area contributed by atoms with Crippen molar-refractivity contribution in [3.8, 4) is 5.69 Å². The van der Waals surface area contributed by atoms with Gasteiger partial charge in [-0.15, -0.1) is 0 Å². The van der Waals surface area contributed by atoms with Crippen LogP contribution in [0.3, 0.4) is 0 Å². The molecule has 0 aliphatic heterocycles. The van der Waals surface area contributed by atoms with E-state index < -0.39 is 0 Å². The highest BCUT2D eigenvalue weighted by molar-refractivity contribution is 5.77. The smallest absolute Gasteiger partial charge is 0.266 e. The van der Waals surface area contributed by atoms with Crippen LogP contribution in [0.4, 0.5) is 0 Å². The summed E-state index contributed by atoms with van der Waals surface area (Å²) in [6.45, 7) is 2.86. The zero-order valence-electron chi connectivity index (χ0n) is 15.9. The first-order valence-corrected chi connectivity index (χ1v) is 9.58. The Morgan fingerprint density at radius 3 is 2.29 bits per heavy atom. The minimum absolute atomic E-state index is 0.0384. The van der Waals surface area contributed by atoms with Gasteiger partial charge in [0.1, 0.15) is 5.82 Å². The van der Waals surface area contributed by atoms with Crippen molar-refractivity contribution in [2.75, 3.05) is 6.54 Å². The molecule has 0 saturated heterocycles. The molecule has 1 atom stereocenters. The van der Waals surface area contributed by atoms with Crippen LogP contribution in [0, 0.1) is 0 Å². The Morgan fingerprint density at radius 1 is 0.893 bits per heavy atom. The lowest BCUT2D eigenvalue weighted by atomic mass is 10.1. The maximum atomic E-state index is 13.2. The molecule has 1 heterocycles. The van der Waals surface area contributed by atoms with Crippen LogP contribution in [0.5, 0.6) is 0 Å². The fourth-order valence-corrected chi connectivity index (χ4v) is 3.44. The van der Waals surface area contributed by atoms with E-state index in [1.54, 1.807) is 4.57 Å². The summed E-state index contributed by atoms with van der Waals surface area (Å²) in [5.41, 5.74) is 2.81. The van der Waals surface area contributed by atoms with Crippen LogP contribution in [-0.4, -0.2) is 16.1 Å². The lowest BCUT2D eigenvalue weighted by molar-refractivity contribution is 0.536. The first kappa shape index (κ1) is 18.1. The van der Waals surface area contributed by atoms with Crippen molar-refractivity contribution in [2.24, 2.45) is 0 Å². The van der Waals surface area contributed by atoms with E-state index in [1.165, 1.54) is 5.56 Å². The normalized spacial score (nSPS) is 12.2. The Balaban J connectivity index is 1.69. The van der Waals surface area contributed by atoms with Gasteiger partial charge in [-0.2, -0.15) is 0 Å². The molecule has 0 saturated carbocycles. The Labute approximate surface area is 164 Å². The summed E-state index contributed by atoms with van der Waals surface area (Å²) >= 11 is 0. The second-order valence-corrected chi connectivity index (χ2v) is 6.87. The molecule has 4 heteroatoms. The van der Waals surface area contributed by atoms with Crippen LogP contribution in [0.2, 0.25) is 0 Å². The molecule has 28 heavy (non-hydrogen) atoms. The van der Waals surface area contributed by atoms with E-state index in [0.29, 0.717) is 5.39 Å². The van der Waals surface area contributed by atoms with E-state index in [9.17, 15) is 4.79 Å². The van der Waals surface area contributed by atoms with Gasteiger partial charge in [0, 0.05) is 0 Å². The van der Waals surface area contributed by atoms with E-state index in [-0.39, 0.29) is 11.6 Å². The third kappa shape index (κ3) is 3.73. The van der Waals surface area contributed by atoms with Gasteiger partial charge in [-0.3, -0.25) is 9.36 Å². The number of aromatic nitrogens is 2. The predicted molar refractivity (Wildman–Crippen MR) is 114 cm³/mol. The minimum atomic E-state index is -0.0683. The molecule has 0 bridgehead atoms. The van der Waals surface area contributed by atoms with Crippen LogP contribution in [0.15, 0.2) is 89.7 Å². The van der Waals surface area contributed by atoms with Crippen LogP contribution in [0.25, 0.3) is 16.6 Å². The van der Waals surface area contributed by atoms with Crippen LogP contribution in [0.1, 0.15) is 24.4 Å². The van der Waals surface area contributed by atoms with Gasteiger partial charge in [-0.25, -0.2) is 4.98 Å². The van der Waals surface area contributed by atoms with Gasteiger partial charge < -0.3 is 5.32 Å². The molecule has 0 unspecified atom stereocenters. The number of rotatable bonds is 6. The summed E-state index contributed by atoms with van der Waals surface area (Å²) in [4.78, 5) is 18.1. The zero-order valence-corrected chi connectivity index (χ0v) is 15.9. The molecule has 0 aliphatic carbocycles. The highest BCUT2D eigenvalue weighted by atomic mass is 16.1. The zero-order chi connectivity index (χ0) is 19.3. The van der Waals surface area contributed by atoms with Gasteiger partial charge in [-0.1, -0.05) is 60.7 Å². The highest BCUT2D eigenvalue weighted by Gasteiger charge is 2.17. The number of nitrogens with zero attached hydrogens (tertiary/aromatic N) is 2. The Morgan fingerprint density at radius 2 is 1.54 bits per heavy atom. The Kier molecular flexibility index (Phi) is 5.31. The summed E-state index contributed by atoms with van der Waals surface area (Å²) in [5, 5.41) is 4.16. The molecular formula is C24H23N3O. The molecule has 0 radical (unpaired) electrons. The van der Waals surface area contributed by atoms with E-state index in [2.05, 4.69) is 36.5 Å². The van der Waals surface area contributed by atoms with E-state index in [0.717, 1.165) is 30.0 Å². The third-order valence-electron chi connectivity index (χ3n) is 4.91. The van der Waals surface area contributed by atoms with Gasteiger partial charge in [-0.05, 0) is 49.7 Å². The molecule has 0 amide bonds. The van der Waals surface area contributed by atoms with Crippen LogP contribution < -0.4 is 10.9 Å². The lowest BCUT2D eigenvalue weighted by Crippen LogP contribution is -2.31. The van der Waals surface area contributed by atoms with E-state index >= 15 is 0 Å². The van der Waals surface area contributed by atoms with Crippen molar-refractivity contribution in [2.45, 2.75) is 19.4 Å². The van der Waals surface area contributed by atoms with E-state index in [1.807, 2.05) is 60.7 Å². The highest BCUT2D eigenvalue weighted by Crippen LogP contribution is 2.18. The summed E-state index contributed by atoms with van der Waals surface area (Å²) in [6, 6.07) is 27.5. The average molecular weight is 369 g/mol. The number of fused-ring (bicyclic) bond motifs is 1. The minimum Gasteiger partial charge on any atom is -0.307 e. The van der Waals surface area contributed by atoms with Crippen LogP contribution >= 0.6 is 0 Å². The van der Waals surface area contributed by atoms with Gasteiger partial charge in [0.15, 0.2) is 0 Å². The topological polar surface area (TPSA) is 46.9 Å². The molecule has 4 aromatic rings. The van der Waals surface area contributed by atoms with Gasteiger partial charge in [0.2, 0.25) is 0 Å². The molecular weight excluding hydrogens is 346 g/mol. The molecule has 140 valence electrons. The van der Waals surface area contributed by atoms with Crippen molar-refractivity contribution >= 4 is 10.9 Å². The Bertz CT molecular complexity index is 1120. The summed E-state index contributed by atoms with van der Waals surface area (Å²) in [5.74, 6) is 0.725. The monoisotopic (exact) mass is 369 g/mol. The second-order valence-electron chi connectivity index (χ2n) is 6.87. The van der Waals surface area contributed by atoms with Crippen molar-refractivity contribution in [1.82, 2.24) is 14.9 Å². The SMILES string of the molecule is C[C@H](NCCc1ccccc1)c1nc2ccccc2c(=O)n1-c1ccccc1. The average Bonchev–Trinajstić information content (AvgIpc) is 2.75. The molecule has 0 aliphatic rings. The summed E-state index contributed by atoms with van der Waals surface area (Å²) in [7, 11) is 0. The molecule has 3 aromatic carbocycles. The maximum Gasteiger partial charge on any atom is 0.266 e. The van der Waals surface area contributed by atoms with Crippen molar-refractivity contribution < 1.29 is 0 Å². The number of para-hydroxylation sites is 2. The fourth-order valence-electron chi connectivity index (χ4n) is 3.44. The number of benzene rings is 3. The number of nitrogens with one attached hydrogen (secondary N) is 1. The summed E-state index contributed by atoms with van der Waals surface area (Å²) in [6.07, 6.45) is 0.925. The van der Waals surface area contributed by atoms with Gasteiger partial charge in [0.25, 0.3) is 5.56 Å². The largest absolute Gasteiger partial charge is 0.307 e. The fraction of sp³-hybridized carbons (Fsp3) is 0.167. The van der Waals surface area contributed by atoms with Crippen LogP contribution in [-0.2, 0) is 6.42 Å². The quantitative estimate of drug-likeness (QED) is 0.552. The molecule has 4 nitrogen and oxygen atoms in total. The third-order valence-corrected chi connectivity index (χ3v) is 4.91. The number of hydrogen-bond acceptors (Lipinski definition) is 3. The van der Waals surface area contributed by atoms with Gasteiger partial charge in [0.05, 0.1) is 22.6 Å². The standard InChI is InChI=1S/C24H23N3O/c1-18(25-17-16-19-10-4-2-5-11-19)23-26-22-15-9-8-14-21(22)24(28)27(23)20-12-6-3-7-13-20/h2-15,18,25H,16-17H2,1H3/t18-/m0/s1. The molecule has 0 spiro atoms.